The second-order valence-corrected chi connectivity index (χ2v) is 7.86. The van der Waals surface area contributed by atoms with E-state index in [-0.39, 0.29) is 24.4 Å². The van der Waals surface area contributed by atoms with Crippen LogP contribution in [0.4, 0.5) is 0 Å². The zero-order valence-corrected chi connectivity index (χ0v) is 20.1. The molecule has 0 fully saturated rings. The van der Waals surface area contributed by atoms with Crippen LogP contribution in [0, 0.1) is 23.7 Å². The van der Waals surface area contributed by atoms with Crippen molar-refractivity contribution in [3.8, 4) is 23.7 Å². The smallest absolute Gasteiger partial charge is 0.109 e. The number of hydrogen-bond donors (Lipinski definition) is 0. The molecule has 0 radical (unpaired) electrons. The summed E-state index contributed by atoms with van der Waals surface area (Å²) in [7, 11) is 0. The highest BCUT2D eigenvalue weighted by Crippen LogP contribution is 2.09. The van der Waals surface area contributed by atoms with Crippen LogP contribution < -0.4 is 0 Å². The standard InChI is InChI=1S/C14H22O2.C12H18O2/c1-11(2)15-9-13-5-7-14(8-6-13)10-16-12(3)4;1-11(2)13-9-7-5-6-8-10-14-12(3)4/h5-8,11-12H,9-10H2,1-4H3;11-12H,9-10H2,1-4H3. The first kappa shape index (κ1) is 28.2. The lowest BCUT2D eigenvalue weighted by molar-refractivity contribution is 0.0639. The quantitative estimate of drug-likeness (QED) is 0.480. The lowest BCUT2D eigenvalue weighted by Crippen LogP contribution is -2.03. The van der Waals surface area contributed by atoms with Crippen LogP contribution in [-0.2, 0) is 32.2 Å². The molecule has 0 saturated carbocycles. The predicted octanol–water partition coefficient (Wildman–Crippen LogP) is 5.38. The number of benzene rings is 1. The largest absolute Gasteiger partial charge is 0.374 e. The molecule has 0 saturated heterocycles. The fraction of sp³-hybridized carbons (Fsp3) is 0.615. The van der Waals surface area contributed by atoms with E-state index in [1.807, 2.05) is 55.4 Å². The van der Waals surface area contributed by atoms with E-state index in [1.54, 1.807) is 0 Å². The summed E-state index contributed by atoms with van der Waals surface area (Å²) in [6.07, 6.45) is 1.01. The Morgan fingerprint density at radius 3 is 1.10 bits per heavy atom. The Bertz CT molecular complexity index is 593. The Morgan fingerprint density at radius 2 is 0.833 bits per heavy atom. The Kier molecular flexibility index (Phi) is 16.9. The summed E-state index contributed by atoms with van der Waals surface area (Å²) in [6.45, 7) is 18.3. The van der Waals surface area contributed by atoms with Crippen molar-refractivity contribution in [2.24, 2.45) is 0 Å². The molecule has 0 aliphatic carbocycles. The summed E-state index contributed by atoms with van der Waals surface area (Å²) in [5.41, 5.74) is 2.42. The van der Waals surface area contributed by atoms with Gasteiger partial charge in [-0.25, -0.2) is 0 Å². The molecule has 4 nitrogen and oxygen atoms in total. The molecule has 0 bridgehead atoms. The van der Waals surface area contributed by atoms with E-state index in [0.29, 0.717) is 26.4 Å². The van der Waals surface area contributed by atoms with E-state index in [0.717, 1.165) is 0 Å². The van der Waals surface area contributed by atoms with Gasteiger partial charge in [0.25, 0.3) is 0 Å². The predicted molar refractivity (Wildman–Crippen MR) is 124 cm³/mol. The van der Waals surface area contributed by atoms with Crippen LogP contribution in [0.1, 0.15) is 66.5 Å². The van der Waals surface area contributed by atoms with Crippen molar-refractivity contribution < 1.29 is 18.9 Å². The number of rotatable bonds is 10. The van der Waals surface area contributed by atoms with Crippen molar-refractivity contribution in [1.29, 1.82) is 0 Å². The summed E-state index contributed by atoms with van der Waals surface area (Å²) >= 11 is 0. The van der Waals surface area contributed by atoms with Gasteiger partial charge in [0, 0.05) is 0 Å². The van der Waals surface area contributed by atoms with Crippen molar-refractivity contribution in [3.63, 3.8) is 0 Å². The lowest BCUT2D eigenvalue weighted by Gasteiger charge is -2.09. The normalized spacial score (nSPS) is 10.4. The summed E-state index contributed by atoms with van der Waals surface area (Å²) in [5, 5.41) is 0. The van der Waals surface area contributed by atoms with Gasteiger partial charge in [-0.3, -0.25) is 0 Å². The Labute approximate surface area is 184 Å². The molecular weight excluding hydrogens is 376 g/mol. The van der Waals surface area contributed by atoms with Gasteiger partial charge in [0.1, 0.15) is 13.2 Å². The highest BCUT2D eigenvalue weighted by molar-refractivity contribution is 5.26. The zero-order chi connectivity index (χ0) is 22.8. The molecule has 1 rings (SSSR count). The maximum absolute atomic E-state index is 5.53. The Morgan fingerprint density at radius 1 is 0.533 bits per heavy atom. The van der Waals surface area contributed by atoms with E-state index in [2.05, 4.69) is 47.9 Å². The minimum absolute atomic E-state index is 0.224. The van der Waals surface area contributed by atoms with Crippen LogP contribution in [-0.4, -0.2) is 37.6 Å². The first-order chi connectivity index (χ1) is 14.2. The van der Waals surface area contributed by atoms with Crippen LogP contribution in [0.5, 0.6) is 0 Å². The van der Waals surface area contributed by atoms with Crippen LogP contribution in [0.15, 0.2) is 24.3 Å². The zero-order valence-electron chi connectivity index (χ0n) is 20.1. The molecule has 0 heterocycles. The second-order valence-electron chi connectivity index (χ2n) is 7.86. The maximum Gasteiger partial charge on any atom is 0.109 e. The fourth-order valence-corrected chi connectivity index (χ4v) is 1.83. The van der Waals surface area contributed by atoms with Gasteiger partial charge in [-0.2, -0.15) is 0 Å². The van der Waals surface area contributed by atoms with E-state index in [1.165, 1.54) is 11.1 Å². The molecule has 1 aromatic rings. The van der Waals surface area contributed by atoms with Crippen molar-refractivity contribution in [3.05, 3.63) is 35.4 Å². The monoisotopic (exact) mass is 416 g/mol. The van der Waals surface area contributed by atoms with E-state index in [9.17, 15) is 0 Å². The third kappa shape index (κ3) is 19.5. The van der Waals surface area contributed by atoms with E-state index < -0.39 is 0 Å². The van der Waals surface area contributed by atoms with Gasteiger partial charge >= 0.3 is 0 Å². The number of hydrogen-bond acceptors (Lipinski definition) is 4. The van der Waals surface area contributed by atoms with Crippen molar-refractivity contribution in [1.82, 2.24) is 0 Å². The van der Waals surface area contributed by atoms with Gasteiger partial charge in [-0.05, 0) is 78.4 Å². The van der Waals surface area contributed by atoms with E-state index in [4.69, 9.17) is 18.9 Å². The van der Waals surface area contributed by atoms with Crippen molar-refractivity contribution in [2.75, 3.05) is 13.2 Å². The molecule has 0 aromatic heterocycles. The Hall–Kier alpha value is -1.82. The first-order valence-electron chi connectivity index (χ1n) is 10.7. The van der Waals surface area contributed by atoms with Gasteiger partial charge in [0.2, 0.25) is 0 Å². The number of ether oxygens (including phenoxy) is 4. The van der Waals surface area contributed by atoms with E-state index >= 15 is 0 Å². The summed E-state index contributed by atoms with van der Waals surface area (Å²) in [5.74, 6) is 11.0. The molecule has 0 spiro atoms. The first-order valence-corrected chi connectivity index (χ1v) is 10.7. The van der Waals surface area contributed by atoms with Crippen LogP contribution in [0.3, 0.4) is 0 Å². The molecule has 0 atom stereocenters. The average Bonchev–Trinajstić information content (AvgIpc) is 2.67. The molecule has 4 heteroatoms. The molecule has 168 valence electrons. The molecule has 0 N–H and O–H groups in total. The molecule has 30 heavy (non-hydrogen) atoms. The molecule has 0 unspecified atom stereocenters. The topological polar surface area (TPSA) is 36.9 Å². The second kappa shape index (κ2) is 18.0. The molecule has 0 amide bonds. The van der Waals surface area contributed by atoms with Crippen molar-refractivity contribution in [2.45, 2.75) is 93.0 Å². The lowest BCUT2D eigenvalue weighted by atomic mass is 10.1. The van der Waals surface area contributed by atoms with Gasteiger partial charge < -0.3 is 18.9 Å². The highest BCUT2D eigenvalue weighted by atomic mass is 16.5. The van der Waals surface area contributed by atoms with Gasteiger partial charge in [0.05, 0.1) is 37.6 Å². The van der Waals surface area contributed by atoms with Crippen LogP contribution in [0.25, 0.3) is 0 Å². The fourth-order valence-electron chi connectivity index (χ4n) is 1.83. The average molecular weight is 417 g/mol. The maximum atomic E-state index is 5.53. The third-order valence-electron chi connectivity index (χ3n) is 3.41. The van der Waals surface area contributed by atoms with Crippen molar-refractivity contribution >= 4 is 0 Å². The van der Waals surface area contributed by atoms with Gasteiger partial charge in [-0.1, -0.05) is 36.1 Å². The van der Waals surface area contributed by atoms with Crippen LogP contribution in [0.2, 0.25) is 0 Å². The van der Waals surface area contributed by atoms with Gasteiger partial charge in [0.15, 0.2) is 0 Å². The summed E-state index contributed by atoms with van der Waals surface area (Å²) in [4.78, 5) is 0. The molecule has 0 aliphatic rings. The van der Waals surface area contributed by atoms with Gasteiger partial charge in [-0.15, -0.1) is 0 Å². The molecule has 0 aliphatic heterocycles. The molecular formula is C26H40O4. The minimum Gasteiger partial charge on any atom is -0.374 e. The third-order valence-corrected chi connectivity index (χ3v) is 3.41. The SMILES string of the molecule is CC(C)OCC#CC#CCOC(C)C.CC(C)OCc1ccc(COC(C)C)cc1. The molecule has 1 aromatic carbocycles. The minimum atomic E-state index is 0.224. The Balaban J connectivity index is 0.000000567. The summed E-state index contributed by atoms with van der Waals surface area (Å²) in [6, 6.07) is 8.39. The van der Waals surface area contributed by atoms with Crippen LogP contribution >= 0.6 is 0 Å². The summed E-state index contributed by atoms with van der Waals surface area (Å²) < 4.78 is 21.5. The highest BCUT2D eigenvalue weighted by Gasteiger charge is 1.99.